The van der Waals surface area contributed by atoms with Crippen molar-refractivity contribution in [1.82, 2.24) is 0 Å². The van der Waals surface area contributed by atoms with Gasteiger partial charge in [0, 0.05) is 24.6 Å². The van der Waals surface area contributed by atoms with Gasteiger partial charge >= 0.3 is 5.97 Å². The van der Waals surface area contributed by atoms with E-state index in [0.29, 0.717) is 6.42 Å². The van der Waals surface area contributed by atoms with E-state index < -0.39 is 0 Å². The maximum Gasteiger partial charge on any atom is 0.306 e. The molecule has 0 spiro atoms. The number of fused-ring (bicyclic) bond motifs is 1. The fourth-order valence-corrected chi connectivity index (χ4v) is 3.82. The summed E-state index contributed by atoms with van der Waals surface area (Å²) in [5.74, 6) is 0.0315. The van der Waals surface area contributed by atoms with Gasteiger partial charge in [0.25, 0.3) is 0 Å². The van der Waals surface area contributed by atoms with Crippen molar-refractivity contribution in [2.24, 2.45) is 5.92 Å². The monoisotopic (exact) mass is 351 g/mol. The third-order valence-corrected chi connectivity index (χ3v) is 5.37. The van der Waals surface area contributed by atoms with Crippen molar-refractivity contribution < 1.29 is 14.3 Å². The first-order valence-corrected chi connectivity index (χ1v) is 9.07. The molecule has 4 nitrogen and oxygen atoms in total. The summed E-state index contributed by atoms with van der Waals surface area (Å²) in [5.41, 5.74) is 2.94. The summed E-state index contributed by atoms with van der Waals surface area (Å²) in [6, 6.07) is 17.6. The van der Waals surface area contributed by atoms with Crippen LogP contribution in [0.3, 0.4) is 0 Å². The number of ether oxygens (including phenoxy) is 1. The van der Waals surface area contributed by atoms with Crippen LogP contribution in [0.25, 0.3) is 0 Å². The van der Waals surface area contributed by atoms with E-state index in [-0.39, 0.29) is 36.4 Å². The number of hydrogen-bond donors (Lipinski definition) is 0. The van der Waals surface area contributed by atoms with Crippen LogP contribution in [0.4, 0.5) is 5.69 Å². The van der Waals surface area contributed by atoms with Gasteiger partial charge in [0.1, 0.15) is 6.61 Å². The Morgan fingerprint density at radius 1 is 1.00 bits per heavy atom. The molecule has 0 saturated carbocycles. The van der Waals surface area contributed by atoms with E-state index in [0.717, 1.165) is 16.8 Å². The third-order valence-electron chi connectivity index (χ3n) is 5.37. The van der Waals surface area contributed by atoms with E-state index in [4.69, 9.17) is 4.74 Å². The summed E-state index contributed by atoms with van der Waals surface area (Å²) < 4.78 is 5.48. The number of esters is 1. The van der Waals surface area contributed by atoms with Crippen LogP contribution >= 0.6 is 0 Å². The number of carbonyl (C=O) groups excluding carboxylic acids is 2. The molecule has 26 heavy (non-hydrogen) atoms. The van der Waals surface area contributed by atoms with E-state index in [9.17, 15) is 9.59 Å². The molecule has 0 unspecified atom stereocenters. The molecule has 136 valence electrons. The van der Waals surface area contributed by atoms with Crippen molar-refractivity contribution >= 4 is 17.6 Å². The number of rotatable bonds is 4. The number of hydrogen-bond acceptors (Lipinski definition) is 3. The average molecular weight is 351 g/mol. The van der Waals surface area contributed by atoms with Gasteiger partial charge in [0.15, 0.2) is 0 Å². The lowest BCUT2D eigenvalue weighted by Crippen LogP contribution is -2.47. The van der Waals surface area contributed by atoms with Crippen LogP contribution in [0.1, 0.15) is 44.2 Å². The molecule has 0 N–H and O–H groups in total. The van der Waals surface area contributed by atoms with Gasteiger partial charge in [-0.2, -0.15) is 0 Å². The highest BCUT2D eigenvalue weighted by molar-refractivity contribution is 5.94. The first-order valence-electron chi connectivity index (χ1n) is 9.07. The Balaban J connectivity index is 1.77. The van der Waals surface area contributed by atoms with E-state index in [1.54, 1.807) is 6.92 Å². The highest BCUT2D eigenvalue weighted by atomic mass is 16.5. The van der Waals surface area contributed by atoms with Crippen molar-refractivity contribution in [3.05, 3.63) is 65.7 Å². The minimum Gasteiger partial charge on any atom is -0.461 e. The SMILES string of the molecule is CC(=O)N1c2ccccc2[C@H](CC(=O)OCc2ccccc2)[C@@H](C)[C@@H]1C. The molecule has 0 radical (unpaired) electrons. The lowest BCUT2D eigenvalue weighted by Gasteiger charge is -2.43. The van der Waals surface area contributed by atoms with Crippen LogP contribution in [0.2, 0.25) is 0 Å². The molecule has 1 aliphatic heterocycles. The number of nitrogens with zero attached hydrogens (tertiary/aromatic N) is 1. The van der Waals surface area contributed by atoms with Crippen LogP contribution < -0.4 is 4.90 Å². The third kappa shape index (κ3) is 3.64. The maximum atomic E-state index is 12.5. The summed E-state index contributed by atoms with van der Waals surface area (Å²) in [4.78, 5) is 26.4. The zero-order valence-electron chi connectivity index (χ0n) is 15.5. The topological polar surface area (TPSA) is 46.6 Å². The molecule has 0 fully saturated rings. The molecule has 1 aliphatic rings. The fraction of sp³-hybridized carbons (Fsp3) is 0.364. The number of anilines is 1. The number of carbonyl (C=O) groups is 2. The van der Waals surface area contributed by atoms with Crippen LogP contribution in [0.15, 0.2) is 54.6 Å². The Morgan fingerprint density at radius 3 is 2.35 bits per heavy atom. The maximum absolute atomic E-state index is 12.5. The van der Waals surface area contributed by atoms with Crippen molar-refractivity contribution in [1.29, 1.82) is 0 Å². The first kappa shape index (κ1) is 18.2. The van der Waals surface area contributed by atoms with Crippen LogP contribution in [-0.4, -0.2) is 17.9 Å². The number of benzene rings is 2. The van der Waals surface area contributed by atoms with Gasteiger partial charge < -0.3 is 9.64 Å². The second-order valence-corrected chi connectivity index (χ2v) is 7.00. The molecular formula is C22H25NO3. The molecule has 0 bridgehead atoms. The van der Waals surface area contributed by atoms with Gasteiger partial charge in [0.05, 0.1) is 6.42 Å². The summed E-state index contributed by atoms with van der Waals surface area (Å²) in [7, 11) is 0. The Bertz CT molecular complexity index is 787. The number of para-hydroxylation sites is 1. The predicted octanol–water partition coefficient (Wildman–Crippen LogP) is 4.29. The molecule has 2 aromatic carbocycles. The number of amides is 1. The Hall–Kier alpha value is -2.62. The minimum atomic E-state index is -0.205. The Kier molecular flexibility index (Phi) is 5.40. The molecule has 3 rings (SSSR count). The standard InChI is InChI=1S/C22H25NO3/c1-15-16(2)23(17(3)24)21-12-8-7-11-19(21)20(15)13-22(25)26-14-18-9-5-4-6-10-18/h4-12,15-16,20H,13-14H2,1-3H3/t15-,16-,20+/m0/s1. The molecule has 0 saturated heterocycles. The molecule has 0 aromatic heterocycles. The smallest absolute Gasteiger partial charge is 0.306 e. The summed E-state index contributed by atoms with van der Waals surface area (Å²) >= 11 is 0. The van der Waals surface area contributed by atoms with E-state index in [2.05, 4.69) is 6.92 Å². The van der Waals surface area contributed by atoms with E-state index >= 15 is 0 Å². The quantitative estimate of drug-likeness (QED) is 0.772. The summed E-state index contributed by atoms with van der Waals surface area (Å²) in [6.45, 7) is 6.03. The molecule has 0 aliphatic carbocycles. The van der Waals surface area contributed by atoms with Crippen LogP contribution in [-0.2, 0) is 20.9 Å². The highest BCUT2D eigenvalue weighted by Crippen LogP contribution is 2.43. The largest absolute Gasteiger partial charge is 0.461 e. The normalized spacial score (nSPS) is 21.8. The van der Waals surface area contributed by atoms with Crippen LogP contribution in [0, 0.1) is 5.92 Å². The minimum absolute atomic E-state index is 0.0295. The molecule has 3 atom stereocenters. The Morgan fingerprint density at radius 2 is 1.65 bits per heavy atom. The van der Waals surface area contributed by atoms with Gasteiger partial charge in [-0.15, -0.1) is 0 Å². The van der Waals surface area contributed by atoms with E-state index in [1.807, 2.05) is 66.4 Å². The van der Waals surface area contributed by atoms with E-state index in [1.165, 1.54) is 0 Å². The Labute approximate surface area is 154 Å². The fourth-order valence-electron chi connectivity index (χ4n) is 3.82. The zero-order chi connectivity index (χ0) is 18.7. The molecule has 1 heterocycles. The van der Waals surface area contributed by atoms with Crippen molar-refractivity contribution in [2.45, 2.75) is 45.8 Å². The van der Waals surface area contributed by atoms with Gasteiger partial charge in [-0.05, 0) is 30.0 Å². The lowest BCUT2D eigenvalue weighted by atomic mass is 9.76. The second kappa shape index (κ2) is 7.73. The van der Waals surface area contributed by atoms with Crippen molar-refractivity contribution in [3.63, 3.8) is 0 Å². The van der Waals surface area contributed by atoms with Gasteiger partial charge in [0.2, 0.25) is 5.91 Å². The molecule has 4 heteroatoms. The average Bonchev–Trinajstić information content (AvgIpc) is 2.64. The zero-order valence-corrected chi connectivity index (χ0v) is 15.5. The van der Waals surface area contributed by atoms with Gasteiger partial charge in [-0.3, -0.25) is 9.59 Å². The molecular weight excluding hydrogens is 326 g/mol. The summed E-state index contributed by atoms with van der Waals surface area (Å²) in [6.07, 6.45) is 0.321. The highest BCUT2D eigenvalue weighted by Gasteiger charge is 2.38. The first-order chi connectivity index (χ1) is 12.5. The van der Waals surface area contributed by atoms with Crippen molar-refractivity contribution in [2.75, 3.05) is 4.90 Å². The van der Waals surface area contributed by atoms with Crippen molar-refractivity contribution in [3.8, 4) is 0 Å². The van der Waals surface area contributed by atoms with Gasteiger partial charge in [-0.25, -0.2) is 0 Å². The predicted molar refractivity (Wildman–Crippen MR) is 102 cm³/mol. The molecule has 2 aromatic rings. The lowest BCUT2D eigenvalue weighted by molar-refractivity contribution is -0.145. The van der Waals surface area contributed by atoms with Crippen LogP contribution in [0.5, 0.6) is 0 Å². The molecule has 1 amide bonds. The van der Waals surface area contributed by atoms with Gasteiger partial charge in [-0.1, -0.05) is 55.5 Å². The second-order valence-electron chi connectivity index (χ2n) is 7.00. The summed E-state index contributed by atoms with van der Waals surface area (Å²) in [5, 5.41) is 0.